The number of nitro benzene ring substituents is 1. The first-order chi connectivity index (χ1) is 10.1. The zero-order valence-electron chi connectivity index (χ0n) is 12.5. The van der Waals surface area contributed by atoms with Crippen LogP contribution in [0.4, 0.5) is 11.4 Å². The van der Waals surface area contributed by atoms with Crippen molar-refractivity contribution in [3.8, 4) is 0 Å². The predicted octanol–water partition coefficient (Wildman–Crippen LogP) is 3.04. The minimum atomic E-state index is -0.464. The van der Waals surface area contributed by atoms with Crippen molar-refractivity contribution in [3.05, 3.63) is 33.9 Å². The lowest BCUT2D eigenvalue weighted by atomic mass is 10.1. The average molecular weight is 291 g/mol. The van der Waals surface area contributed by atoms with Gasteiger partial charge < -0.3 is 10.2 Å². The zero-order valence-corrected chi connectivity index (χ0v) is 12.5. The number of carbonyl (C=O) groups is 1. The standard InChI is InChI=1S/C15H21N3O3/c1-3-17(11-7-4-5-8-11)15(19)12-9-6-10-13(18(20)21)14(12)16-2/h6,9-11,16H,3-5,7-8H2,1-2H3. The molecule has 1 N–H and O–H groups in total. The maximum absolute atomic E-state index is 12.8. The van der Waals surface area contributed by atoms with Gasteiger partial charge in [-0.2, -0.15) is 0 Å². The molecule has 21 heavy (non-hydrogen) atoms. The Morgan fingerprint density at radius 2 is 2.10 bits per heavy atom. The number of rotatable bonds is 5. The van der Waals surface area contributed by atoms with Crippen molar-refractivity contribution in [2.24, 2.45) is 0 Å². The van der Waals surface area contributed by atoms with Crippen LogP contribution in [-0.2, 0) is 0 Å². The van der Waals surface area contributed by atoms with E-state index in [0.717, 1.165) is 25.7 Å². The molecule has 0 saturated heterocycles. The van der Waals surface area contributed by atoms with E-state index in [1.54, 1.807) is 19.2 Å². The molecular formula is C15H21N3O3. The molecule has 1 saturated carbocycles. The Bertz CT molecular complexity index is 539. The highest BCUT2D eigenvalue weighted by molar-refractivity contribution is 6.01. The summed E-state index contributed by atoms with van der Waals surface area (Å²) in [5.41, 5.74) is 0.607. The monoisotopic (exact) mass is 291 g/mol. The summed E-state index contributed by atoms with van der Waals surface area (Å²) >= 11 is 0. The van der Waals surface area contributed by atoms with Crippen molar-refractivity contribution in [1.29, 1.82) is 0 Å². The summed E-state index contributed by atoms with van der Waals surface area (Å²) in [5, 5.41) is 13.9. The van der Waals surface area contributed by atoms with Gasteiger partial charge in [-0.1, -0.05) is 18.9 Å². The van der Waals surface area contributed by atoms with Crippen molar-refractivity contribution in [3.63, 3.8) is 0 Å². The van der Waals surface area contributed by atoms with Gasteiger partial charge in [0.2, 0.25) is 0 Å². The van der Waals surface area contributed by atoms with E-state index in [0.29, 0.717) is 17.8 Å². The highest BCUT2D eigenvalue weighted by Gasteiger charge is 2.29. The molecule has 0 aromatic heterocycles. The van der Waals surface area contributed by atoms with Crippen LogP contribution in [0.25, 0.3) is 0 Å². The van der Waals surface area contributed by atoms with Crippen LogP contribution in [0.1, 0.15) is 43.0 Å². The molecule has 0 aliphatic heterocycles. The van der Waals surface area contributed by atoms with E-state index < -0.39 is 4.92 Å². The van der Waals surface area contributed by atoms with Crippen LogP contribution in [0.3, 0.4) is 0 Å². The summed E-state index contributed by atoms with van der Waals surface area (Å²) in [4.78, 5) is 25.2. The van der Waals surface area contributed by atoms with E-state index in [-0.39, 0.29) is 17.6 Å². The molecule has 0 bridgehead atoms. The maximum Gasteiger partial charge on any atom is 0.293 e. The molecule has 1 aliphatic carbocycles. The fraction of sp³-hybridized carbons (Fsp3) is 0.533. The number of hydrogen-bond acceptors (Lipinski definition) is 4. The van der Waals surface area contributed by atoms with Crippen LogP contribution >= 0.6 is 0 Å². The smallest absolute Gasteiger partial charge is 0.293 e. The van der Waals surface area contributed by atoms with E-state index >= 15 is 0 Å². The number of carbonyl (C=O) groups excluding carboxylic acids is 1. The topological polar surface area (TPSA) is 75.5 Å². The molecule has 0 atom stereocenters. The van der Waals surface area contributed by atoms with Gasteiger partial charge >= 0.3 is 0 Å². The molecule has 0 heterocycles. The van der Waals surface area contributed by atoms with Crippen molar-refractivity contribution < 1.29 is 9.72 Å². The van der Waals surface area contributed by atoms with E-state index in [9.17, 15) is 14.9 Å². The van der Waals surface area contributed by atoms with Gasteiger partial charge in [-0.15, -0.1) is 0 Å². The third-order valence-electron chi connectivity index (χ3n) is 4.09. The number of nitro groups is 1. The molecule has 1 fully saturated rings. The summed E-state index contributed by atoms with van der Waals surface area (Å²) < 4.78 is 0. The molecule has 1 aliphatic rings. The predicted molar refractivity (Wildman–Crippen MR) is 81.6 cm³/mol. The summed E-state index contributed by atoms with van der Waals surface area (Å²) in [5.74, 6) is -0.127. The molecule has 2 rings (SSSR count). The lowest BCUT2D eigenvalue weighted by molar-refractivity contribution is -0.384. The van der Waals surface area contributed by atoms with Gasteiger partial charge in [0.1, 0.15) is 5.69 Å². The van der Waals surface area contributed by atoms with E-state index in [1.165, 1.54) is 6.07 Å². The third kappa shape index (κ3) is 2.99. The summed E-state index contributed by atoms with van der Waals surface area (Å²) in [7, 11) is 1.60. The number of amides is 1. The molecule has 0 spiro atoms. The Morgan fingerprint density at radius 3 is 2.62 bits per heavy atom. The van der Waals surface area contributed by atoms with Gasteiger partial charge in [-0.25, -0.2) is 0 Å². The van der Waals surface area contributed by atoms with E-state index in [4.69, 9.17) is 0 Å². The molecule has 1 aromatic carbocycles. The van der Waals surface area contributed by atoms with Crippen LogP contribution in [0.5, 0.6) is 0 Å². The maximum atomic E-state index is 12.8. The van der Waals surface area contributed by atoms with E-state index in [2.05, 4.69) is 5.32 Å². The van der Waals surface area contributed by atoms with Gasteiger partial charge in [0, 0.05) is 25.7 Å². The van der Waals surface area contributed by atoms with Crippen LogP contribution in [-0.4, -0.2) is 35.4 Å². The van der Waals surface area contributed by atoms with Crippen LogP contribution in [0.2, 0.25) is 0 Å². The van der Waals surface area contributed by atoms with E-state index in [1.807, 2.05) is 11.8 Å². The van der Waals surface area contributed by atoms with Gasteiger partial charge in [-0.05, 0) is 25.8 Å². The fourth-order valence-electron chi connectivity index (χ4n) is 3.07. The number of anilines is 1. The minimum absolute atomic E-state index is 0.0641. The number of hydrogen-bond donors (Lipinski definition) is 1. The molecule has 6 heteroatoms. The highest BCUT2D eigenvalue weighted by Crippen LogP contribution is 2.31. The summed E-state index contributed by atoms with van der Waals surface area (Å²) in [6.45, 7) is 2.57. The quantitative estimate of drug-likeness (QED) is 0.668. The van der Waals surface area contributed by atoms with Crippen molar-refractivity contribution >= 4 is 17.3 Å². The second kappa shape index (κ2) is 6.56. The fourth-order valence-corrected chi connectivity index (χ4v) is 3.07. The average Bonchev–Trinajstić information content (AvgIpc) is 3.00. The Morgan fingerprint density at radius 1 is 1.43 bits per heavy atom. The number of benzene rings is 1. The molecule has 0 radical (unpaired) electrons. The SMILES string of the molecule is CCN(C(=O)c1cccc([N+](=O)[O-])c1NC)C1CCCC1. The van der Waals surface area contributed by atoms with Gasteiger partial charge in [0.05, 0.1) is 10.5 Å². The summed E-state index contributed by atoms with van der Waals surface area (Å²) in [6, 6.07) is 4.88. The Balaban J connectivity index is 2.37. The Hall–Kier alpha value is -2.11. The Kier molecular flexibility index (Phi) is 4.77. The number of nitrogens with zero attached hydrogens (tertiary/aromatic N) is 2. The van der Waals surface area contributed by atoms with Crippen LogP contribution < -0.4 is 5.32 Å². The molecular weight excluding hydrogens is 270 g/mol. The zero-order chi connectivity index (χ0) is 15.4. The third-order valence-corrected chi connectivity index (χ3v) is 4.09. The highest BCUT2D eigenvalue weighted by atomic mass is 16.6. The lowest BCUT2D eigenvalue weighted by Crippen LogP contribution is -2.38. The second-order valence-corrected chi connectivity index (χ2v) is 5.24. The summed E-state index contributed by atoms with van der Waals surface area (Å²) in [6.07, 6.45) is 4.32. The van der Waals surface area contributed by atoms with Crippen molar-refractivity contribution in [2.75, 3.05) is 18.9 Å². The largest absolute Gasteiger partial charge is 0.382 e. The number of para-hydroxylation sites is 1. The second-order valence-electron chi connectivity index (χ2n) is 5.24. The molecule has 1 aromatic rings. The first-order valence-corrected chi connectivity index (χ1v) is 7.36. The molecule has 1 amide bonds. The minimum Gasteiger partial charge on any atom is -0.382 e. The van der Waals surface area contributed by atoms with Gasteiger partial charge in [0.15, 0.2) is 0 Å². The van der Waals surface area contributed by atoms with Gasteiger partial charge in [-0.3, -0.25) is 14.9 Å². The van der Waals surface area contributed by atoms with Gasteiger partial charge in [0.25, 0.3) is 11.6 Å². The first kappa shape index (κ1) is 15.3. The molecule has 6 nitrogen and oxygen atoms in total. The Labute approximate surface area is 124 Å². The normalized spacial score (nSPS) is 15.0. The van der Waals surface area contributed by atoms with Crippen LogP contribution in [0, 0.1) is 10.1 Å². The lowest BCUT2D eigenvalue weighted by Gasteiger charge is -2.28. The van der Waals surface area contributed by atoms with Crippen LogP contribution in [0.15, 0.2) is 18.2 Å². The number of nitrogens with one attached hydrogen (secondary N) is 1. The molecule has 114 valence electrons. The van der Waals surface area contributed by atoms with Crippen molar-refractivity contribution in [1.82, 2.24) is 4.90 Å². The first-order valence-electron chi connectivity index (χ1n) is 7.36. The van der Waals surface area contributed by atoms with Crippen molar-refractivity contribution in [2.45, 2.75) is 38.6 Å². The molecule has 0 unspecified atom stereocenters.